The molecule has 0 heterocycles. The van der Waals surface area contributed by atoms with Gasteiger partial charge in [-0.15, -0.1) is 0 Å². The third-order valence-electron chi connectivity index (χ3n) is 1.31. The Kier molecular flexibility index (Phi) is 5.16. The molecule has 1 unspecified atom stereocenters. The van der Waals surface area contributed by atoms with E-state index in [2.05, 4.69) is 5.32 Å². The molecule has 0 aliphatic rings. The number of aliphatic hydroxyl groups excluding tert-OH is 1. The molecule has 0 bridgehead atoms. The zero-order chi connectivity index (χ0) is 7.98. The monoisotopic (exact) mass is 145 g/mol. The van der Waals surface area contributed by atoms with E-state index in [1.54, 1.807) is 0 Å². The molecular weight excluding hydrogens is 130 g/mol. The first kappa shape index (κ1) is 9.59. The molecule has 0 aromatic heterocycles. The summed E-state index contributed by atoms with van der Waals surface area (Å²) in [7, 11) is 0. The van der Waals surface area contributed by atoms with Gasteiger partial charge in [0.25, 0.3) is 0 Å². The van der Waals surface area contributed by atoms with Gasteiger partial charge in [0.2, 0.25) is 0 Å². The molecule has 0 radical (unpaired) electrons. The standard InChI is InChI=1S/C7H15NO2/c1-3-8-5-4-7(10)6(2)9/h7-8,10H,3-5H2,1-2H3. The molecule has 1 atom stereocenters. The summed E-state index contributed by atoms with van der Waals surface area (Å²) in [5.41, 5.74) is 0. The maximum absolute atomic E-state index is 10.5. The van der Waals surface area contributed by atoms with Crippen molar-refractivity contribution in [3.63, 3.8) is 0 Å². The maximum Gasteiger partial charge on any atom is 0.158 e. The third kappa shape index (κ3) is 4.47. The highest BCUT2D eigenvalue weighted by Gasteiger charge is 2.07. The van der Waals surface area contributed by atoms with Crippen LogP contribution in [0.25, 0.3) is 0 Å². The minimum atomic E-state index is -0.779. The van der Waals surface area contributed by atoms with Gasteiger partial charge in [0.1, 0.15) is 6.10 Å². The summed E-state index contributed by atoms with van der Waals surface area (Å²) in [6, 6.07) is 0. The smallest absolute Gasteiger partial charge is 0.158 e. The molecule has 0 rings (SSSR count). The Hall–Kier alpha value is -0.410. The minimum Gasteiger partial charge on any atom is -0.385 e. The van der Waals surface area contributed by atoms with Crippen LogP contribution in [-0.2, 0) is 4.79 Å². The summed E-state index contributed by atoms with van der Waals surface area (Å²) < 4.78 is 0. The molecule has 0 saturated heterocycles. The Morgan fingerprint density at radius 2 is 2.30 bits per heavy atom. The van der Waals surface area contributed by atoms with Crippen molar-refractivity contribution in [2.45, 2.75) is 26.4 Å². The van der Waals surface area contributed by atoms with Crippen LogP contribution in [0.1, 0.15) is 20.3 Å². The van der Waals surface area contributed by atoms with E-state index in [9.17, 15) is 4.79 Å². The van der Waals surface area contributed by atoms with Crippen LogP contribution in [-0.4, -0.2) is 30.1 Å². The van der Waals surface area contributed by atoms with Gasteiger partial charge in [0.15, 0.2) is 5.78 Å². The van der Waals surface area contributed by atoms with Crippen molar-refractivity contribution in [2.75, 3.05) is 13.1 Å². The van der Waals surface area contributed by atoms with E-state index in [0.29, 0.717) is 13.0 Å². The molecule has 0 aromatic rings. The average molecular weight is 145 g/mol. The lowest BCUT2D eigenvalue weighted by Gasteiger charge is -2.05. The van der Waals surface area contributed by atoms with Crippen molar-refractivity contribution in [1.29, 1.82) is 0 Å². The Labute approximate surface area is 61.4 Å². The van der Waals surface area contributed by atoms with Gasteiger partial charge >= 0.3 is 0 Å². The number of carbonyl (C=O) groups excluding carboxylic acids is 1. The minimum absolute atomic E-state index is 0.155. The second kappa shape index (κ2) is 5.38. The summed E-state index contributed by atoms with van der Waals surface area (Å²) in [6.07, 6.45) is -0.262. The Balaban J connectivity index is 3.21. The lowest BCUT2D eigenvalue weighted by atomic mass is 10.2. The van der Waals surface area contributed by atoms with Gasteiger partial charge in [-0.05, 0) is 26.4 Å². The first-order valence-electron chi connectivity index (χ1n) is 3.57. The van der Waals surface area contributed by atoms with Crippen LogP contribution in [0.4, 0.5) is 0 Å². The van der Waals surface area contributed by atoms with Gasteiger partial charge < -0.3 is 10.4 Å². The zero-order valence-corrected chi connectivity index (χ0v) is 6.55. The lowest BCUT2D eigenvalue weighted by molar-refractivity contribution is -0.125. The van der Waals surface area contributed by atoms with Crippen molar-refractivity contribution in [1.82, 2.24) is 5.32 Å². The number of rotatable bonds is 5. The molecule has 3 nitrogen and oxygen atoms in total. The van der Waals surface area contributed by atoms with Crippen LogP contribution in [0, 0.1) is 0 Å². The number of hydrogen-bond acceptors (Lipinski definition) is 3. The van der Waals surface area contributed by atoms with Crippen molar-refractivity contribution in [3.8, 4) is 0 Å². The average Bonchev–Trinajstić information content (AvgIpc) is 1.88. The Bertz CT molecular complexity index is 104. The van der Waals surface area contributed by atoms with Gasteiger partial charge in [-0.2, -0.15) is 0 Å². The Morgan fingerprint density at radius 3 is 2.70 bits per heavy atom. The van der Waals surface area contributed by atoms with E-state index in [1.807, 2.05) is 6.92 Å². The second-order valence-electron chi connectivity index (χ2n) is 2.27. The fourth-order valence-corrected chi connectivity index (χ4v) is 0.619. The predicted molar refractivity (Wildman–Crippen MR) is 39.8 cm³/mol. The molecule has 0 aromatic carbocycles. The fourth-order valence-electron chi connectivity index (χ4n) is 0.619. The van der Waals surface area contributed by atoms with Crippen molar-refractivity contribution in [2.24, 2.45) is 0 Å². The van der Waals surface area contributed by atoms with Gasteiger partial charge in [0.05, 0.1) is 0 Å². The van der Waals surface area contributed by atoms with Crippen LogP contribution in [0.5, 0.6) is 0 Å². The van der Waals surface area contributed by atoms with E-state index in [4.69, 9.17) is 5.11 Å². The van der Waals surface area contributed by atoms with E-state index in [0.717, 1.165) is 6.54 Å². The summed E-state index contributed by atoms with van der Waals surface area (Å²) in [5.74, 6) is -0.155. The number of hydrogen-bond donors (Lipinski definition) is 2. The molecule has 3 heteroatoms. The van der Waals surface area contributed by atoms with E-state index >= 15 is 0 Å². The number of carbonyl (C=O) groups is 1. The topological polar surface area (TPSA) is 49.3 Å². The summed E-state index contributed by atoms with van der Waals surface area (Å²) >= 11 is 0. The van der Waals surface area contributed by atoms with Crippen LogP contribution in [0.2, 0.25) is 0 Å². The summed E-state index contributed by atoms with van der Waals surface area (Å²) in [6.45, 7) is 4.97. The summed E-state index contributed by atoms with van der Waals surface area (Å²) in [4.78, 5) is 10.5. The highest BCUT2D eigenvalue weighted by Crippen LogP contribution is 1.90. The molecule has 60 valence electrons. The van der Waals surface area contributed by atoms with Crippen molar-refractivity contribution >= 4 is 5.78 Å². The number of nitrogens with one attached hydrogen (secondary N) is 1. The molecular formula is C7H15NO2. The van der Waals surface area contributed by atoms with E-state index in [1.165, 1.54) is 6.92 Å². The largest absolute Gasteiger partial charge is 0.385 e. The fraction of sp³-hybridized carbons (Fsp3) is 0.857. The molecule has 0 aliphatic heterocycles. The molecule has 0 fully saturated rings. The molecule has 0 amide bonds. The second-order valence-corrected chi connectivity index (χ2v) is 2.27. The molecule has 0 spiro atoms. The lowest BCUT2D eigenvalue weighted by Crippen LogP contribution is -2.24. The normalized spacial score (nSPS) is 13.1. The number of Topliss-reactive ketones (excluding diaryl/α,β-unsaturated/α-hetero) is 1. The molecule has 0 saturated carbocycles. The van der Waals surface area contributed by atoms with Gasteiger partial charge in [-0.3, -0.25) is 4.79 Å². The van der Waals surface area contributed by atoms with Crippen molar-refractivity contribution in [3.05, 3.63) is 0 Å². The van der Waals surface area contributed by atoms with Crippen LogP contribution >= 0.6 is 0 Å². The first-order chi connectivity index (χ1) is 4.68. The first-order valence-corrected chi connectivity index (χ1v) is 3.57. The Morgan fingerprint density at radius 1 is 1.70 bits per heavy atom. The zero-order valence-electron chi connectivity index (χ0n) is 6.55. The van der Waals surface area contributed by atoms with E-state index < -0.39 is 6.10 Å². The number of aliphatic hydroxyl groups is 1. The van der Waals surface area contributed by atoms with Crippen LogP contribution < -0.4 is 5.32 Å². The highest BCUT2D eigenvalue weighted by molar-refractivity contribution is 5.80. The molecule has 10 heavy (non-hydrogen) atoms. The van der Waals surface area contributed by atoms with Gasteiger partial charge in [0, 0.05) is 0 Å². The van der Waals surface area contributed by atoms with Crippen LogP contribution in [0.15, 0.2) is 0 Å². The van der Waals surface area contributed by atoms with Gasteiger partial charge in [-0.25, -0.2) is 0 Å². The quantitative estimate of drug-likeness (QED) is 0.533. The SMILES string of the molecule is CCNCCC(O)C(C)=O. The van der Waals surface area contributed by atoms with Crippen molar-refractivity contribution < 1.29 is 9.90 Å². The third-order valence-corrected chi connectivity index (χ3v) is 1.31. The number of ketones is 1. The molecule has 2 N–H and O–H groups in total. The highest BCUT2D eigenvalue weighted by atomic mass is 16.3. The van der Waals surface area contributed by atoms with Gasteiger partial charge in [-0.1, -0.05) is 6.92 Å². The molecule has 0 aliphatic carbocycles. The van der Waals surface area contributed by atoms with Crippen LogP contribution in [0.3, 0.4) is 0 Å². The van der Waals surface area contributed by atoms with E-state index in [-0.39, 0.29) is 5.78 Å². The summed E-state index contributed by atoms with van der Waals surface area (Å²) in [5, 5.41) is 12.0. The maximum atomic E-state index is 10.5. The predicted octanol–water partition coefficient (Wildman–Crippen LogP) is -0.0641.